The maximum Gasteiger partial charge on any atom is 0.270 e. The van der Waals surface area contributed by atoms with E-state index in [4.69, 9.17) is 4.42 Å². The quantitative estimate of drug-likeness (QED) is 0.558. The molecule has 5 nitrogen and oxygen atoms in total. The van der Waals surface area contributed by atoms with Crippen LogP contribution in [0, 0.1) is 12.7 Å². The van der Waals surface area contributed by atoms with Gasteiger partial charge in [-0.2, -0.15) is 5.10 Å². The van der Waals surface area contributed by atoms with Crippen molar-refractivity contribution in [2.45, 2.75) is 13.5 Å². The molecule has 0 aliphatic heterocycles. The summed E-state index contributed by atoms with van der Waals surface area (Å²) in [6.07, 6.45) is 0. The van der Waals surface area contributed by atoms with Crippen molar-refractivity contribution in [2.75, 3.05) is 0 Å². The van der Waals surface area contributed by atoms with Crippen LogP contribution in [-0.4, -0.2) is 15.7 Å². The van der Waals surface area contributed by atoms with Gasteiger partial charge in [0.15, 0.2) is 5.76 Å². The Balaban J connectivity index is 1.65. The van der Waals surface area contributed by atoms with Crippen LogP contribution in [0.1, 0.15) is 21.8 Å². The van der Waals surface area contributed by atoms with E-state index in [2.05, 4.69) is 10.4 Å². The Morgan fingerprint density at radius 3 is 2.50 bits per heavy atom. The first-order valence-corrected chi connectivity index (χ1v) is 8.85. The van der Waals surface area contributed by atoms with Gasteiger partial charge in [0.25, 0.3) is 5.91 Å². The monoisotopic (exact) mass is 375 g/mol. The Morgan fingerprint density at radius 2 is 1.82 bits per heavy atom. The first-order chi connectivity index (χ1) is 13.6. The van der Waals surface area contributed by atoms with Gasteiger partial charge in [0, 0.05) is 12.6 Å². The average molecular weight is 375 g/mol. The predicted octanol–water partition coefficient (Wildman–Crippen LogP) is 4.51. The summed E-state index contributed by atoms with van der Waals surface area (Å²) in [5.74, 6) is 0.775. The second kappa shape index (κ2) is 7.52. The van der Waals surface area contributed by atoms with E-state index in [0.29, 0.717) is 17.1 Å². The molecule has 4 rings (SSSR count). The molecular formula is C22H18FN3O2. The second-order valence-electron chi connectivity index (χ2n) is 6.38. The fourth-order valence-corrected chi connectivity index (χ4v) is 2.88. The van der Waals surface area contributed by atoms with Crippen LogP contribution in [0.15, 0.2) is 77.2 Å². The van der Waals surface area contributed by atoms with Crippen LogP contribution >= 0.6 is 0 Å². The SMILES string of the molecule is Cc1ccc(-c2cc(C(=O)NCc3ccc(F)cc3)n(-c3ccccc3)n2)o1. The zero-order chi connectivity index (χ0) is 19.5. The van der Waals surface area contributed by atoms with Crippen LogP contribution in [0.25, 0.3) is 17.1 Å². The highest BCUT2D eigenvalue weighted by Gasteiger charge is 2.19. The summed E-state index contributed by atoms with van der Waals surface area (Å²) >= 11 is 0. The van der Waals surface area contributed by atoms with E-state index in [-0.39, 0.29) is 18.3 Å². The van der Waals surface area contributed by atoms with Crippen molar-refractivity contribution in [3.05, 3.63) is 95.6 Å². The molecule has 0 saturated heterocycles. The zero-order valence-corrected chi connectivity index (χ0v) is 15.2. The van der Waals surface area contributed by atoms with E-state index in [9.17, 15) is 9.18 Å². The van der Waals surface area contributed by atoms with E-state index in [1.165, 1.54) is 12.1 Å². The topological polar surface area (TPSA) is 60.1 Å². The highest BCUT2D eigenvalue weighted by atomic mass is 19.1. The number of hydrogen-bond acceptors (Lipinski definition) is 3. The molecule has 2 aromatic carbocycles. The third-order valence-corrected chi connectivity index (χ3v) is 4.30. The Kier molecular flexibility index (Phi) is 4.76. The van der Waals surface area contributed by atoms with Gasteiger partial charge in [-0.3, -0.25) is 4.79 Å². The summed E-state index contributed by atoms with van der Waals surface area (Å²) in [6, 6.07) is 20.8. The lowest BCUT2D eigenvalue weighted by molar-refractivity contribution is 0.0943. The van der Waals surface area contributed by atoms with Crippen LogP contribution in [0.4, 0.5) is 4.39 Å². The molecule has 6 heteroatoms. The number of aryl methyl sites for hydroxylation is 1. The summed E-state index contributed by atoms with van der Waals surface area (Å²) in [4.78, 5) is 12.9. The standard InChI is InChI=1S/C22H18FN3O2/c1-15-7-12-21(28-15)19-13-20(26(25-19)18-5-3-2-4-6-18)22(27)24-14-16-8-10-17(23)11-9-16/h2-13H,14H2,1H3,(H,24,27). The van der Waals surface area contributed by atoms with E-state index in [1.807, 2.05) is 49.4 Å². The minimum absolute atomic E-state index is 0.282. The Labute approximate surface area is 161 Å². The molecule has 0 spiro atoms. The Bertz CT molecular complexity index is 1100. The maximum atomic E-state index is 13.0. The Morgan fingerprint density at radius 1 is 1.07 bits per heavy atom. The molecule has 0 radical (unpaired) electrons. The molecule has 140 valence electrons. The molecule has 2 aromatic heterocycles. The number of carbonyl (C=O) groups is 1. The summed E-state index contributed by atoms with van der Waals surface area (Å²) in [5, 5.41) is 7.43. The third kappa shape index (κ3) is 3.71. The van der Waals surface area contributed by atoms with Crippen molar-refractivity contribution in [1.82, 2.24) is 15.1 Å². The van der Waals surface area contributed by atoms with Gasteiger partial charge < -0.3 is 9.73 Å². The van der Waals surface area contributed by atoms with Crippen molar-refractivity contribution in [3.63, 3.8) is 0 Å². The highest BCUT2D eigenvalue weighted by molar-refractivity contribution is 5.94. The number of amides is 1. The minimum Gasteiger partial charge on any atom is -0.460 e. The molecule has 0 saturated carbocycles. The predicted molar refractivity (Wildman–Crippen MR) is 104 cm³/mol. The van der Waals surface area contributed by atoms with Crippen LogP contribution in [0.3, 0.4) is 0 Å². The average Bonchev–Trinajstić information content (AvgIpc) is 3.34. The summed E-state index contributed by atoms with van der Waals surface area (Å²) in [7, 11) is 0. The van der Waals surface area contributed by atoms with E-state index in [0.717, 1.165) is 17.0 Å². The van der Waals surface area contributed by atoms with Gasteiger partial charge in [0.05, 0.1) is 5.69 Å². The van der Waals surface area contributed by atoms with Gasteiger partial charge in [-0.05, 0) is 48.9 Å². The molecule has 0 unspecified atom stereocenters. The number of hydrogen-bond donors (Lipinski definition) is 1. The smallest absolute Gasteiger partial charge is 0.270 e. The van der Waals surface area contributed by atoms with Crippen LogP contribution in [-0.2, 0) is 6.54 Å². The fraction of sp³-hybridized carbons (Fsp3) is 0.0909. The molecule has 0 bridgehead atoms. The molecule has 0 aliphatic rings. The molecule has 1 amide bonds. The van der Waals surface area contributed by atoms with Crippen LogP contribution in [0.5, 0.6) is 0 Å². The zero-order valence-electron chi connectivity index (χ0n) is 15.2. The molecule has 1 N–H and O–H groups in total. The summed E-state index contributed by atoms with van der Waals surface area (Å²) in [6.45, 7) is 2.14. The van der Waals surface area contributed by atoms with Gasteiger partial charge in [-0.25, -0.2) is 9.07 Å². The number of nitrogens with one attached hydrogen (secondary N) is 1. The van der Waals surface area contributed by atoms with Crippen LogP contribution in [0.2, 0.25) is 0 Å². The number of furan rings is 1. The normalized spacial score (nSPS) is 10.8. The van der Waals surface area contributed by atoms with Crippen molar-refractivity contribution >= 4 is 5.91 Å². The van der Waals surface area contributed by atoms with Crippen molar-refractivity contribution < 1.29 is 13.6 Å². The van der Waals surface area contributed by atoms with Gasteiger partial charge in [-0.1, -0.05) is 30.3 Å². The number of rotatable bonds is 5. The van der Waals surface area contributed by atoms with E-state index in [1.54, 1.807) is 22.9 Å². The number of aromatic nitrogens is 2. The molecule has 0 fully saturated rings. The Hall–Kier alpha value is -3.67. The molecule has 4 aromatic rings. The number of halogens is 1. The molecule has 0 atom stereocenters. The molecular weight excluding hydrogens is 357 g/mol. The van der Waals surface area contributed by atoms with Gasteiger partial charge in [0.1, 0.15) is 23.0 Å². The van der Waals surface area contributed by atoms with Crippen molar-refractivity contribution in [3.8, 4) is 17.1 Å². The summed E-state index contributed by atoms with van der Waals surface area (Å²) in [5.41, 5.74) is 2.53. The third-order valence-electron chi connectivity index (χ3n) is 4.30. The first kappa shape index (κ1) is 17.7. The van der Waals surface area contributed by atoms with Crippen molar-refractivity contribution in [2.24, 2.45) is 0 Å². The van der Waals surface area contributed by atoms with Gasteiger partial charge in [0.2, 0.25) is 0 Å². The lowest BCUT2D eigenvalue weighted by atomic mass is 10.2. The second-order valence-corrected chi connectivity index (χ2v) is 6.38. The van der Waals surface area contributed by atoms with Crippen LogP contribution < -0.4 is 5.32 Å². The van der Waals surface area contributed by atoms with E-state index >= 15 is 0 Å². The highest BCUT2D eigenvalue weighted by Crippen LogP contribution is 2.23. The fourth-order valence-electron chi connectivity index (χ4n) is 2.88. The van der Waals surface area contributed by atoms with E-state index < -0.39 is 0 Å². The van der Waals surface area contributed by atoms with Gasteiger partial charge >= 0.3 is 0 Å². The lowest BCUT2D eigenvalue weighted by Gasteiger charge is -2.08. The first-order valence-electron chi connectivity index (χ1n) is 8.85. The molecule has 28 heavy (non-hydrogen) atoms. The maximum absolute atomic E-state index is 13.0. The molecule has 2 heterocycles. The number of carbonyl (C=O) groups excluding carboxylic acids is 1. The number of nitrogens with zero attached hydrogens (tertiary/aromatic N) is 2. The molecule has 0 aliphatic carbocycles. The lowest BCUT2D eigenvalue weighted by Crippen LogP contribution is -2.25. The number of para-hydroxylation sites is 1. The van der Waals surface area contributed by atoms with Crippen molar-refractivity contribution in [1.29, 1.82) is 0 Å². The largest absolute Gasteiger partial charge is 0.460 e. The minimum atomic E-state index is -0.310. The summed E-state index contributed by atoms with van der Waals surface area (Å²) < 4.78 is 20.3. The number of benzene rings is 2. The van der Waals surface area contributed by atoms with Gasteiger partial charge in [-0.15, -0.1) is 0 Å².